The van der Waals surface area contributed by atoms with Gasteiger partial charge in [-0.15, -0.1) is 0 Å². The molecule has 6 heteroatoms. The maximum absolute atomic E-state index is 5.04. The molecule has 0 amide bonds. The Labute approximate surface area is 202 Å². The lowest BCUT2D eigenvalue weighted by Gasteiger charge is -2.08. The SMILES string of the molecule is Brc1ccc2[nH]c3nc(-c4cc5ccccc5cn4)nc(-c4cc5ccccc5cn4)c3c2c1. The van der Waals surface area contributed by atoms with Gasteiger partial charge in [-0.3, -0.25) is 9.97 Å². The minimum Gasteiger partial charge on any atom is -0.339 e. The fourth-order valence-corrected chi connectivity index (χ4v) is 4.85. The quantitative estimate of drug-likeness (QED) is 0.269. The molecule has 0 fully saturated rings. The van der Waals surface area contributed by atoms with Crippen molar-refractivity contribution in [2.75, 3.05) is 0 Å². The molecule has 1 N–H and O–H groups in total. The highest BCUT2D eigenvalue weighted by Gasteiger charge is 2.18. The zero-order valence-electron chi connectivity index (χ0n) is 17.8. The Morgan fingerprint density at radius 2 is 1.29 bits per heavy atom. The second kappa shape index (κ2) is 7.43. The van der Waals surface area contributed by atoms with Gasteiger partial charge in [0.05, 0.1) is 11.1 Å². The van der Waals surface area contributed by atoms with E-state index in [1.165, 1.54) is 0 Å². The molecule has 0 bridgehead atoms. The van der Waals surface area contributed by atoms with Gasteiger partial charge in [-0.2, -0.15) is 0 Å². The third-order valence-corrected chi connectivity index (χ3v) is 6.64. The molecule has 4 aromatic heterocycles. The van der Waals surface area contributed by atoms with Gasteiger partial charge in [-0.05, 0) is 41.1 Å². The van der Waals surface area contributed by atoms with Crippen LogP contribution in [0.5, 0.6) is 0 Å². The van der Waals surface area contributed by atoms with Crippen LogP contribution in [0, 0.1) is 0 Å². The maximum Gasteiger partial charge on any atom is 0.180 e. The third-order valence-electron chi connectivity index (χ3n) is 6.15. The van der Waals surface area contributed by atoms with Gasteiger partial charge in [0.2, 0.25) is 0 Å². The van der Waals surface area contributed by atoms with E-state index in [0.717, 1.165) is 65.0 Å². The van der Waals surface area contributed by atoms with Gasteiger partial charge in [-0.25, -0.2) is 9.97 Å². The van der Waals surface area contributed by atoms with Crippen LogP contribution in [0.2, 0.25) is 0 Å². The van der Waals surface area contributed by atoms with Crippen LogP contribution in [0.15, 0.2) is 95.7 Å². The summed E-state index contributed by atoms with van der Waals surface area (Å²) in [6.07, 6.45) is 3.77. The van der Waals surface area contributed by atoms with Crippen molar-refractivity contribution in [3.05, 3.63) is 95.7 Å². The normalized spacial score (nSPS) is 11.7. The van der Waals surface area contributed by atoms with Gasteiger partial charge in [0, 0.05) is 38.5 Å². The standard InChI is InChI=1S/C28H16BrN5/c29-20-9-10-22-21(13-20)25-26(23-11-16-5-1-3-7-18(16)14-30-23)33-27(34-28(25)32-22)24-12-17-6-2-4-8-19(17)15-31-24/h1-15H,(H,32,33,34). The molecular weight excluding hydrogens is 486 g/mol. The van der Waals surface area contributed by atoms with Crippen molar-refractivity contribution in [2.24, 2.45) is 0 Å². The summed E-state index contributed by atoms with van der Waals surface area (Å²) >= 11 is 3.61. The van der Waals surface area contributed by atoms with E-state index in [1.807, 2.05) is 54.9 Å². The van der Waals surface area contributed by atoms with Crippen molar-refractivity contribution in [3.8, 4) is 22.9 Å². The Hall–Kier alpha value is -4.16. The predicted molar refractivity (Wildman–Crippen MR) is 141 cm³/mol. The number of halogens is 1. The number of aromatic amines is 1. The summed E-state index contributed by atoms with van der Waals surface area (Å²) in [7, 11) is 0. The lowest BCUT2D eigenvalue weighted by Crippen LogP contribution is -1.97. The molecule has 7 aromatic rings. The topological polar surface area (TPSA) is 67.3 Å². The molecular formula is C28H16BrN5. The van der Waals surface area contributed by atoms with Crippen LogP contribution < -0.4 is 0 Å². The summed E-state index contributed by atoms with van der Waals surface area (Å²) in [6, 6.07) is 26.7. The van der Waals surface area contributed by atoms with Crippen molar-refractivity contribution in [3.63, 3.8) is 0 Å². The zero-order chi connectivity index (χ0) is 22.6. The first-order chi connectivity index (χ1) is 16.7. The minimum absolute atomic E-state index is 0.564. The van der Waals surface area contributed by atoms with Gasteiger partial charge in [0.25, 0.3) is 0 Å². The number of benzene rings is 3. The second-order valence-electron chi connectivity index (χ2n) is 8.27. The van der Waals surface area contributed by atoms with Crippen LogP contribution in [0.4, 0.5) is 0 Å². The summed E-state index contributed by atoms with van der Waals surface area (Å²) < 4.78 is 0.999. The number of aromatic nitrogens is 5. The van der Waals surface area contributed by atoms with Crippen LogP contribution in [0.1, 0.15) is 0 Å². The van der Waals surface area contributed by atoms with Crippen LogP contribution in [-0.4, -0.2) is 24.9 Å². The van der Waals surface area contributed by atoms with Gasteiger partial charge in [0.15, 0.2) is 5.82 Å². The number of H-pyrrole nitrogens is 1. The van der Waals surface area contributed by atoms with Crippen LogP contribution in [0.3, 0.4) is 0 Å². The Balaban J connectivity index is 1.55. The number of hydrogen-bond donors (Lipinski definition) is 1. The molecule has 0 spiro atoms. The molecule has 0 aliphatic carbocycles. The van der Waals surface area contributed by atoms with Crippen molar-refractivity contribution in [2.45, 2.75) is 0 Å². The van der Waals surface area contributed by atoms with E-state index >= 15 is 0 Å². The number of nitrogens with zero attached hydrogens (tertiary/aromatic N) is 4. The smallest absolute Gasteiger partial charge is 0.180 e. The van der Waals surface area contributed by atoms with E-state index in [9.17, 15) is 0 Å². The molecule has 34 heavy (non-hydrogen) atoms. The van der Waals surface area contributed by atoms with Crippen LogP contribution in [0.25, 0.3) is 66.4 Å². The lowest BCUT2D eigenvalue weighted by atomic mass is 10.1. The zero-order valence-corrected chi connectivity index (χ0v) is 19.4. The number of pyridine rings is 2. The molecule has 0 unspecified atom stereocenters. The molecule has 3 aromatic carbocycles. The van der Waals surface area contributed by atoms with E-state index in [4.69, 9.17) is 15.0 Å². The Kier molecular flexibility index (Phi) is 4.22. The van der Waals surface area contributed by atoms with E-state index < -0.39 is 0 Å². The average molecular weight is 502 g/mol. The molecule has 5 nitrogen and oxygen atoms in total. The molecule has 4 heterocycles. The van der Waals surface area contributed by atoms with E-state index in [-0.39, 0.29) is 0 Å². The van der Waals surface area contributed by atoms with Crippen LogP contribution >= 0.6 is 15.9 Å². The summed E-state index contributed by atoms with van der Waals surface area (Å²) in [5.41, 5.74) is 4.07. The lowest BCUT2D eigenvalue weighted by molar-refractivity contribution is 1.16. The van der Waals surface area contributed by atoms with Gasteiger partial charge in [0.1, 0.15) is 17.0 Å². The Bertz CT molecular complexity index is 1890. The van der Waals surface area contributed by atoms with Crippen molar-refractivity contribution in [1.29, 1.82) is 0 Å². The molecule has 0 aliphatic rings. The number of rotatable bonds is 2. The molecule has 0 atom stereocenters. The molecule has 160 valence electrons. The van der Waals surface area contributed by atoms with Crippen LogP contribution in [-0.2, 0) is 0 Å². The van der Waals surface area contributed by atoms with Crippen molar-refractivity contribution in [1.82, 2.24) is 24.9 Å². The largest absolute Gasteiger partial charge is 0.339 e. The fourth-order valence-electron chi connectivity index (χ4n) is 4.49. The summed E-state index contributed by atoms with van der Waals surface area (Å²) in [6.45, 7) is 0. The van der Waals surface area contributed by atoms with Gasteiger partial charge < -0.3 is 4.98 Å². The number of fused-ring (bicyclic) bond motifs is 5. The van der Waals surface area contributed by atoms with Crippen molar-refractivity contribution >= 4 is 59.4 Å². The summed E-state index contributed by atoms with van der Waals surface area (Å²) in [5.74, 6) is 0.564. The highest BCUT2D eigenvalue weighted by atomic mass is 79.9. The minimum atomic E-state index is 0.564. The first-order valence-corrected chi connectivity index (χ1v) is 11.7. The van der Waals surface area contributed by atoms with E-state index in [0.29, 0.717) is 5.82 Å². The van der Waals surface area contributed by atoms with E-state index in [2.05, 4.69) is 62.3 Å². The predicted octanol–water partition coefficient (Wildman–Crippen LogP) is 7.30. The maximum atomic E-state index is 5.04. The Morgan fingerprint density at radius 1 is 0.647 bits per heavy atom. The van der Waals surface area contributed by atoms with Crippen molar-refractivity contribution < 1.29 is 0 Å². The van der Waals surface area contributed by atoms with E-state index in [1.54, 1.807) is 0 Å². The fraction of sp³-hybridized carbons (Fsp3) is 0. The molecule has 0 saturated heterocycles. The number of nitrogens with one attached hydrogen (secondary N) is 1. The highest BCUT2D eigenvalue weighted by Crippen LogP contribution is 2.35. The molecule has 0 aliphatic heterocycles. The van der Waals surface area contributed by atoms with Gasteiger partial charge in [-0.1, -0.05) is 64.5 Å². The summed E-state index contributed by atoms with van der Waals surface area (Å²) in [4.78, 5) is 22.9. The Morgan fingerprint density at radius 3 is 2.03 bits per heavy atom. The average Bonchev–Trinajstić information content (AvgIpc) is 3.25. The molecule has 0 radical (unpaired) electrons. The summed E-state index contributed by atoms with van der Waals surface area (Å²) in [5, 5.41) is 6.39. The molecule has 0 saturated carbocycles. The highest BCUT2D eigenvalue weighted by molar-refractivity contribution is 9.10. The first-order valence-electron chi connectivity index (χ1n) is 10.9. The first kappa shape index (κ1) is 19.3. The second-order valence-corrected chi connectivity index (χ2v) is 9.18. The molecule has 7 rings (SSSR count). The van der Waals surface area contributed by atoms with Gasteiger partial charge >= 0.3 is 0 Å². The third kappa shape index (κ3) is 3.07. The monoisotopic (exact) mass is 501 g/mol. The number of hydrogen-bond acceptors (Lipinski definition) is 4.